The van der Waals surface area contributed by atoms with E-state index in [2.05, 4.69) is 10.7 Å². The summed E-state index contributed by atoms with van der Waals surface area (Å²) in [7, 11) is 0. The topological polar surface area (TPSA) is 44.4 Å². The summed E-state index contributed by atoms with van der Waals surface area (Å²) in [6.45, 7) is 1.85. The van der Waals surface area contributed by atoms with Crippen LogP contribution in [0.1, 0.15) is 19.3 Å². The van der Waals surface area contributed by atoms with Gasteiger partial charge in [-0.1, -0.05) is 55.0 Å². The van der Waals surface area contributed by atoms with Crippen LogP contribution < -0.4 is 10.7 Å². The van der Waals surface area contributed by atoms with E-state index < -0.39 is 0 Å². The number of rotatable bonds is 3. The van der Waals surface area contributed by atoms with Crippen LogP contribution in [0.4, 0.5) is 10.5 Å². The van der Waals surface area contributed by atoms with Gasteiger partial charge in [0.2, 0.25) is 0 Å². The van der Waals surface area contributed by atoms with Crippen molar-refractivity contribution in [2.24, 2.45) is 0 Å². The molecule has 0 aromatic heterocycles. The first kappa shape index (κ1) is 14.6. The van der Waals surface area contributed by atoms with Crippen molar-refractivity contribution in [1.82, 2.24) is 10.4 Å². The standard InChI is InChI=1S/C18H21N3O/c22-18(20-21-13-7-2-8-14-21)19-17-12-6-5-11-16(17)15-9-3-1-4-10-15/h1,3-6,9-12H,2,7-8,13-14H2,(H2,19,20,22). The van der Waals surface area contributed by atoms with E-state index in [9.17, 15) is 4.79 Å². The maximum absolute atomic E-state index is 12.2. The van der Waals surface area contributed by atoms with Gasteiger partial charge in [-0.05, 0) is 24.5 Å². The number of para-hydroxylation sites is 1. The molecule has 0 aliphatic carbocycles. The minimum Gasteiger partial charge on any atom is -0.306 e. The minimum absolute atomic E-state index is 0.176. The second-order valence-corrected chi connectivity index (χ2v) is 5.53. The molecule has 0 spiro atoms. The highest BCUT2D eigenvalue weighted by molar-refractivity contribution is 5.94. The Morgan fingerprint density at radius 2 is 1.55 bits per heavy atom. The molecule has 0 saturated carbocycles. The number of hydrogen-bond donors (Lipinski definition) is 2. The molecule has 2 N–H and O–H groups in total. The van der Waals surface area contributed by atoms with Gasteiger partial charge >= 0.3 is 6.03 Å². The number of benzene rings is 2. The van der Waals surface area contributed by atoms with E-state index in [1.165, 1.54) is 6.42 Å². The first-order chi connectivity index (χ1) is 10.8. The van der Waals surface area contributed by atoms with Gasteiger partial charge in [0, 0.05) is 18.7 Å². The lowest BCUT2D eigenvalue weighted by Gasteiger charge is -2.27. The predicted octanol–water partition coefficient (Wildman–Crippen LogP) is 3.88. The number of hydrogen-bond acceptors (Lipinski definition) is 2. The molecule has 0 atom stereocenters. The molecule has 4 nitrogen and oxygen atoms in total. The van der Waals surface area contributed by atoms with Gasteiger partial charge in [0.15, 0.2) is 0 Å². The van der Waals surface area contributed by atoms with Crippen molar-refractivity contribution in [3.8, 4) is 11.1 Å². The molecule has 1 heterocycles. The largest absolute Gasteiger partial charge is 0.333 e. The van der Waals surface area contributed by atoms with Crippen LogP contribution in [0.25, 0.3) is 11.1 Å². The Balaban J connectivity index is 1.71. The number of carbonyl (C=O) groups excluding carboxylic acids is 1. The van der Waals surface area contributed by atoms with Crippen molar-refractivity contribution in [2.45, 2.75) is 19.3 Å². The smallest absolute Gasteiger partial charge is 0.306 e. The summed E-state index contributed by atoms with van der Waals surface area (Å²) in [5, 5.41) is 4.95. The number of nitrogens with zero attached hydrogens (tertiary/aromatic N) is 1. The van der Waals surface area contributed by atoms with Gasteiger partial charge in [-0.25, -0.2) is 9.80 Å². The van der Waals surface area contributed by atoms with Crippen molar-refractivity contribution in [3.05, 3.63) is 54.6 Å². The molecule has 2 amide bonds. The van der Waals surface area contributed by atoms with Crippen LogP contribution in [0, 0.1) is 0 Å². The monoisotopic (exact) mass is 295 g/mol. The molecule has 0 unspecified atom stereocenters. The first-order valence-electron chi connectivity index (χ1n) is 7.80. The second kappa shape index (κ2) is 7.09. The van der Waals surface area contributed by atoms with E-state index in [-0.39, 0.29) is 6.03 Å². The minimum atomic E-state index is -0.176. The molecule has 1 aliphatic rings. The highest BCUT2D eigenvalue weighted by Gasteiger charge is 2.13. The number of piperidine rings is 1. The van der Waals surface area contributed by atoms with Crippen LogP contribution in [-0.4, -0.2) is 24.1 Å². The van der Waals surface area contributed by atoms with E-state index in [1.54, 1.807) is 0 Å². The van der Waals surface area contributed by atoms with Gasteiger partial charge in [0.25, 0.3) is 0 Å². The molecule has 114 valence electrons. The third-order valence-electron chi connectivity index (χ3n) is 3.88. The SMILES string of the molecule is O=C(Nc1ccccc1-c1ccccc1)NN1CCCCC1. The summed E-state index contributed by atoms with van der Waals surface area (Å²) in [6.07, 6.45) is 3.53. The van der Waals surface area contributed by atoms with Crippen molar-refractivity contribution in [2.75, 3.05) is 18.4 Å². The maximum atomic E-state index is 12.2. The van der Waals surface area contributed by atoms with Crippen molar-refractivity contribution in [1.29, 1.82) is 0 Å². The Hall–Kier alpha value is -2.33. The zero-order valence-electron chi connectivity index (χ0n) is 12.6. The Morgan fingerprint density at radius 1 is 0.864 bits per heavy atom. The van der Waals surface area contributed by atoms with Gasteiger partial charge in [0.1, 0.15) is 0 Å². The van der Waals surface area contributed by atoms with Crippen molar-refractivity contribution < 1.29 is 4.79 Å². The number of anilines is 1. The van der Waals surface area contributed by atoms with Crippen LogP contribution in [0.15, 0.2) is 54.6 Å². The summed E-state index contributed by atoms with van der Waals surface area (Å²) in [4.78, 5) is 12.2. The van der Waals surface area contributed by atoms with E-state index in [1.807, 2.05) is 59.6 Å². The number of nitrogens with one attached hydrogen (secondary N) is 2. The molecule has 1 saturated heterocycles. The summed E-state index contributed by atoms with van der Waals surface area (Å²) >= 11 is 0. The molecule has 2 aromatic rings. The molecule has 3 rings (SSSR count). The number of carbonyl (C=O) groups is 1. The number of hydrazine groups is 1. The van der Waals surface area contributed by atoms with E-state index in [0.29, 0.717) is 0 Å². The van der Waals surface area contributed by atoms with Gasteiger partial charge in [-0.2, -0.15) is 0 Å². The molecule has 2 aromatic carbocycles. The number of urea groups is 1. The molecular weight excluding hydrogens is 274 g/mol. The zero-order chi connectivity index (χ0) is 15.2. The van der Waals surface area contributed by atoms with E-state index >= 15 is 0 Å². The zero-order valence-corrected chi connectivity index (χ0v) is 12.6. The van der Waals surface area contributed by atoms with Crippen molar-refractivity contribution >= 4 is 11.7 Å². The van der Waals surface area contributed by atoms with Crippen molar-refractivity contribution in [3.63, 3.8) is 0 Å². The van der Waals surface area contributed by atoms with E-state index in [4.69, 9.17) is 0 Å². The fraction of sp³-hybridized carbons (Fsp3) is 0.278. The summed E-state index contributed by atoms with van der Waals surface area (Å²) in [6, 6.07) is 17.8. The molecule has 1 aliphatic heterocycles. The lowest BCUT2D eigenvalue weighted by molar-refractivity contribution is 0.162. The molecule has 0 radical (unpaired) electrons. The molecule has 0 bridgehead atoms. The summed E-state index contributed by atoms with van der Waals surface area (Å²) in [5.74, 6) is 0. The average molecular weight is 295 g/mol. The molecule has 4 heteroatoms. The maximum Gasteiger partial charge on any atom is 0.333 e. The van der Waals surface area contributed by atoms with Crippen LogP contribution >= 0.6 is 0 Å². The highest BCUT2D eigenvalue weighted by atomic mass is 16.2. The molecule has 1 fully saturated rings. The second-order valence-electron chi connectivity index (χ2n) is 5.53. The third kappa shape index (κ3) is 3.65. The summed E-state index contributed by atoms with van der Waals surface area (Å²) < 4.78 is 0. The third-order valence-corrected chi connectivity index (χ3v) is 3.88. The molecular formula is C18H21N3O. The summed E-state index contributed by atoms with van der Waals surface area (Å²) in [5.41, 5.74) is 5.87. The first-order valence-corrected chi connectivity index (χ1v) is 7.80. The normalized spacial score (nSPS) is 15.3. The Bertz CT molecular complexity index is 621. The van der Waals surface area contributed by atoms with Crippen LogP contribution in [0.3, 0.4) is 0 Å². The quantitative estimate of drug-likeness (QED) is 0.902. The predicted molar refractivity (Wildman–Crippen MR) is 89.5 cm³/mol. The van der Waals surface area contributed by atoms with Crippen LogP contribution in [0.5, 0.6) is 0 Å². The lowest BCUT2D eigenvalue weighted by Crippen LogP contribution is -2.46. The fourth-order valence-corrected chi connectivity index (χ4v) is 2.76. The highest BCUT2D eigenvalue weighted by Crippen LogP contribution is 2.27. The van der Waals surface area contributed by atoms with Crippen LogP contribution in [-0.2, 0) is 0 Å². The fourth-order valence-electron chi connectivity index (χ4n) is 2.76. The van der Waals surface area contributed by atoms with Gasteiger partial charge < -0.3 is 5.32 Å². The lowest BCUT2D eigenvalue weighted by atomic mass is 10.0. The Labute approximate surface area is 131 Å². The van der Waals surface area contributed by atoms with Gasteiger partial charge in [-0.15, -0.1) is 0 Å². The van der Waals surface area contributed by atoms with Gasteiger partial charge in [0.05, 0.1) is 5.69 Å². The molecule has 22 heavy (non-hydrogen) atoms. The van der Waals surface area contributed by atoms with E-state index in [0.717, 1.165) is 42.7 Å². The van der Waals surface area contributed by atoms with Crippen LogP contribution in [0.2, 0.25) is 0 Å². The van der Waals surface area contributed by atoms with Gasteiger partial charge in [-0.3, -0.25) is 5.43 Å². The average Bonchev–Trinajstić information content (AvgIpc) is 2.57. The Kier molecular flexibility index (Phi) is 4.71. The number of amides is 2. The Morgan fingerprint density at radius 3 is 2.32 bits per heavy atom.